The van der Waals surface area contributed by atoms with Gasteiger partial charge in [0.05, 0.1) is 17.6 Å². The molecule has 2 heterocycles. The fourth-order valence-electron chi connectivity index (χ4n) is 4.03. The first-order valence-corrected chi connectivity index (χ1v) is 9.38. The molecule has 1 aliphatic carbocycles. The van der Waals surface area contributed by atoms with Crippen LogP contribution < -0.4 is 5.32 Å². The van der Waals surface area contributed by atoms with Crippen LogP contribution in [0.5, 0.6) is 0 Å². The number of nitrogens with one attached hydrogen (secondary N) is 1. The zero-order valence-corrected chi connectivity index (χ0v) is 17.3. The molecule has 6 nitrogen and oxygen atoms in total. The molecule has 0 saturated heterocycles. The highest BCUT2D eigenvalue weighted by molar-refractivity contribution is 5.85. The Balaban J connectivity index is 0.00000243. The molecule has 3 rings (SSSR count). The molecule has 26 heavy (non-hydrogen) atoms. The average molecular weight is 381 g/mol. The number of halogens is 1. The summed E-state index contributed by atoms with van der Waals surface area (Å²) in [6, 6.07) is 2.32. The van der Waals surface area contributed by atoms with E-state index >= 15 is 0 Å². The lowest BCUT2D eigenvalue weighted by atomic mass is 9.80. The molecular formula is C19H33ClN6. The van der Waals surface area contributed by atoms with Crippen molar-refractivity contribution in [3.05, 3.63) is 35.4 Å². The molecule has 7 heteroatoms. The SMILES string of the molecule is CNCC1CCC(c2cc(CN(C)Cc3cnn(C)c3)n(C)n2)CC1.Cl. The van der Waals surface area contributed by atoms with Gasteiger partial charge in [0.25, 0.3) is 0 Å². The van der Waals surface area contributed by atoms with Gasteiger partial charge in [0.1, 0.15) is 0 Å². The van der Waals surface area contributed by atoms with E-state index < -0.39 is 0 Å². The summed E-state index contributed by atoms with van der Waals surface area (Å²) in [5.74, 6) is 1.48. The molecule has 0 radical (unpaired) electrons. The largest absolute Gasteiger partial charge is 0.319 e. The van der Waals surface area contributed by atoms with Crippen LogP contribution in [0.1, 0.15) is 48.6 Å². The average Bonchev–Trinajstić information content (AvgIpc) is 3.14. The Labute approximate surface area is 163 Å². The van der Waals surface area contributed by atoms with Gasteiger partial charge in [-0.05, 0) is 58.3 Å². The lowest BCUT2D eigenvalue weighted by Crippen LogP contribution is -2.23. The molecule has 146 valence electrons. The van der Waals surface area contributed by atoms with E-state index in [0.717, 1.165) is 25.6 Å². The third-order valence-corrected chi connectivity index (χ3v) is 5.40. The summed E-state index contributed by atoms with van der Waals surface area (Å²) in [6.07, 6.45) is 9.20. The summed E-state index contributed by atoms with van der Waals surface area (Å²) < 4.78 is 3.92. The lowest BCUT2D eigenvalue weighted by molar-refractivity contribution is 0.309. The van der Waals surface area contributed by atoms with Crippen molar-refractivity contribution in [2.45, 2.75) is 44.7 Å². The minimum absolute atomic E-state index is 0. The molecule has 0 spiro atoms. The van der Waals surface area contributed by atoms with Crippen molar-refractivity contribution >= 4 is 12.4 Å². The zero-order valence-electron chi connectivity index (χ0n) is 16.5. The summed E-state index contributed by atoms with van der Waals surface area (Å²) in [6.45, 7) is 2.97. The quantitative estimate of drug-likeness (QED) is 0.802. The van der Waals surface area contributed by atoms with E-state index in [1.54, 1.807) is 0 Å². The summed E-state index contributed by atoms with van der Waals surface area (Å²) >= 11 is 0. The van der Waals surface area contributed by atoms with Gasteiger partial charge in [-0.2, -0.15) is 10.2 Å². The fraction of sp³-hybridized carbons (Fsp3) is 0.684. The first-order valence-electron chi connectivity index (χ1n) is 9.38. The maximum absolute atomic E-state index is 4.83. The molecule has 1 aliphatic rings. The molecule has 0 bridgehead atoms. The maximum Gasteiger partial charge on any atom is 0.0658 e. The predicted molar refractivity (Wildman–Crippen MR) is 107 cm³/mol. The van der Waals surface area contributed by atoms with Crippen LogP contribution in [-0.2, 0) is 27.2 Å². The van der Waals surface area contributed by atoms with Crippen molar-refractivity contribution in [3.8, 4) is 0 Å². The van der Waals surface area contributed by atoms with E-state index in [1.807, 2.05) is 17.9 Å². The number of nitrogens with zero attached hydrogens (tertiary/aromatic N) is 5. The van der Waals surface area contributed by atoms with E-state index in [2.05, 4.69) is 53.4 Å². The van der Waals surface area contributed by atoms with Crippen LogP contribution in [0.4, 0.5) is 0 Å². The van der Waals surface area contributed by atoms with Crippen LogP contribution in [0, 0.1) is 5.92 Å². The minimum atomic E-state index is 0. The second-order valence-corrected chi connectivity index (χ2v) is 7.65. The highest BCUT2D eigenvalue weighted by Crippen LogP contribution is 2.35. The van der Waals surface area contributed by atoms with Crippen LogP contribution in [-0.4, -0.2) is 45.1 Å². The van der Waals surface area contributed by atoms with Crippen LogP contribution in [0.2, 0.25) is 0 Å². The van der Waals surface area contributed by atoms with E-state index in [1.165, 1.54) is 42.6 Å². The van der Waals surface area contributed by atoms with E-state index in [4.69, 9.17) is 5.10 Å². The van der Waals surface area contributed by atoms with Gasteiger partial charge in [-0.3, -0.25) is 14.3 Å². The predicted octanol–water partition coefficient (Wildman–Crippen LogP) is 2.70. The molecule has 0 amide bonds. The van der Waals surface area contributed by atoms with Crippen LogP contribution >= 0.6 is 12.4 Å². The Morgan fingerprint density at radius 3 is 2.54 bits per heavy atom. The van der Waals surface area contributed by atoms with Crippen molar-refractivity contribution < 1.29 is 0 Å². The van der Waals surface area contributed by atoms with Crippen molar-refractivity contribution in [1.29, 1.82) is 0 Å². The van der Waals surface area contributed by atoms with E-state index in [9.17, 15) is 0 Å². The number of rotatable bonds is 7. The Morgan fingerprint density at radius 1 is 1.19 bits per heavy atom. The van der Waals surface area contributed by atoms with Crippen molar-refractivity contribution in [2.24, 2.45) is 20.0 Å². The fourth-order valence-corrected chi connectivity index (χ4v) is 4.03. The number of aromatic nitrogens is 4. The standard InChI is InChI=1S/C19H32N6.ClH/c1-20-10-15-5-7-17(8-6-15)19-9-18(25(4)22-19)14-23(2)12-16-11-21-24(3)13-16;/h9,11,13,15,17,20H,5-8,10,12,14H2,1-4H3;1H. The summed E-state index contributed by atoms with van der Waals surface area (Å²) in [5.41, 5.74) is 3.82. The monoisotopic (exact) mass is 380 g/mol. The Hall–Kier alpha value is -1.37. The molecule has 0 unspecified atom stereocenters. The zero-order chi connectivity index (χ0) is 17.8. The molecule has 0 atom stereocenters. The number of hydrogen-bond acceptors (Lipinski definition) is 4. The van der Waals surface area contributed by atoms with Gasteiger partial charge >= 0.3 is 0 Å². The highest BCUT2D eigenvalue weighted by Gasteiger charge is 2.24. The summed E-state index contributed by atoms with van der Waals surface area (Å²) in [7, 11) is 8.24. The van der Waals surface area contributed by atoms with Gasteiger partial charge < -0.3 is 5.32 Å². The van der Waals surface area contributed by atoms with Crippen LogP contribution in [0.3, 0.4) is 0 Å². The minimum Gasteiger partial charge on any atom is -0.319 e. The van der Waals surface area contributed by atoms with Crippen molar-refractivity contribution in [3.63, 3.8) is 0 Å². The first-order chi connectivity index (χ1) is 12.0. The topological polar surface area (TPSA) is 50.9 Å². The third-order valence-electron chi connectivity index (χ3n) is 5.40. The highest BCUT2D eigenvalue weighted by atomic mass is 35.5. The van der Waals surface area contributed by atoms with Crippen LogP contribution in [0.25, 0.3) is 0 Å². The summed E-state index contributed by atoms with van der Waals surface area (Å²) in [5, 5.41) is 12.4. The second-order valence-electron chi connectivity index (χ2n) is 7.65. The molecular weight excluding hydrogens is 348 g/mol. The first kappa shape index (κ1) is 20.9. The third kappa shape index (κ3) is 5.32. The van der Waals surface area contributed by atoms with Gasteiger partial charge in [0.2, 0.25) is 0 Å². The normalized spacial score (nSPS) is 20.3. The lowest BCUT2D eigenvalue weighted by Gasteiger charge is -2.27. The van der Waals surface area contributed by atoms with Crippen molar-refractivity contribution in [2.75, 3.05) is 20.6 Å². The van der Waals surface area contributed by atoms with Gasteiger partial charge in [-0.1, -0.05) is 0 Å². The molecule has 1 N–H and O–H groups in total. The maximum atomic E-state index is 4.83. The Kier molecular flexibility index (Phi) is 7.68. The molecule has 1 fully saturated rings. The van der Waals surface area contributed by atoms with Gasteiger partial charge in [0.15, 0.2) is 0 Å². The Morgan fingerprint density at radius 2 is 1.92 bits per heavy atom. The number of aryl methyl sites for hydroxylation is 2. The van der Waals surface area contributed by atoms with E-state index in [-0.39, 0.29) is 12.4 Å². The molecule has 0 aliphatic heterocycles. The van der Waals surface area contributed by atoms with Crippen molar-refractivity contribution in [1.82, 2.24) is 29.8 Å². The van der Waals surface area contributed by atoms with Crippen LogP contribution in [0.15, 0.2) is 18.5 Å². The Bertz CT molecular complexity index is 671. The second kappa shape index (κ2) is 9.53. The smallest absolute Gasteiger partial charge is 0.0658 e. The molecule has 0 aromatic carbocycles. The molecule has 2 aromatic rings. The van der Waals surface area contributed by atoms with Gasteiger partial charge in [0, 0.05) is 44.9 Å². The number of hydrogen-bond donors (Lipinski definition) is 1. The molecule has 2 aromatic heterocycles. The van der Waals surface area contributed by atoms with Gasteiger partial charge in [-0.25, -0.2) is 0 Å². The van der Waals surface area contributed by atoms with Gasteiger partial charge in [-0.15, -0.1) is 12.4 Å². The summed E-state index contributed by atoms with van der Waals surface area (Å²) in [4.78, 5) is 2.32. The van der Waals surface area contributed by atoms with E-state index in [0.29, 0.717) is 5.92 Å². The molecule has 1 saturated carbocycles.